The summed E-state index contributed by atoms with van der Waals surface area (Å²) < 4.78 is 11.4. The van der Waals surface area contributed by atoms with Crippen molar-refractivity contribution in [3.63, 3.8) is 0 Å². The summed E-state index contributed by atoms with van der Waals surface area (Å²) in [6.45, 7) is 5.45. The molecule has 4 nitrogen and oxygen atoms in total. The molecule has 2 aromatic rings. The second-order valence-electron chi connectivity index (χ2n) is 4.23. The van der Waals surface area contributed by atoms with Crippen LogP contribution in [-0.2, 0) is 0 Å². The van der Waals surface area contributed by atoms with Crippen molar-refractivity contribution in [2.45, 2.75) is 26.7 Å². The SMILES string of the molecule is CCCCOc1ccc(-c2ncc[nH]2)cc1OCC. The number of imidazole rings is 1. The van der Waals surface area contributed by atoms with Gasteiger partial charge in [0.2, 0.25) is 0 Å². The zero-order valence-corrected chi connectivity index (χ0v) is 11.5. The number of H-pyrrole nitrogens is 1. The van der Waals surface area contributed by atoms with E-state index in [1.165, 1.54) is 0 Å². The van der Waals surface area contributed by atoms with E-state index in [-0.39, 0.29) is 0 Å². The number of benzene rings is 1. The summed E-state index contributed by atoms with van der Waals surface area (Å²) in [5.41, 5.74) is 0.997. The summed E-state index contributed by atoms with van der Waals surface area (Å²) in [7, 11) is 0. The molecule has 0 aliphatic heterocycles. The van der Waals surface area contributed by atoms with E-state index < -0.39 is 0 Å². The fourth-order valence-electron chi connectivity index (χ4n) is 1.79. The number of hydrogen-bond acceptors (Lipinski definition) is 3. The van der Waals surface area contributed by atoms with Crippen molar-refractivity contribution in [1.82, 2.24) is 9.97 Å². The summed E-state index contributed by atoms with van der Waals surface area (Å²) >= 11 is 0. The molecule has 2 rings (SSSR count). The van der Waals surface area contributed by atoms with Gasteiger partial charge in [0.05, 0.1) is 13.2 Å². The van der Waals surface area contributed by atoms with E-state index >= 15 is 0 Å². The fraction of sp³-hybridized carbons (Fsp3) is 0.400. The van der Waals surface area contributed by atoms with Crippen LogP contribution in [0.15, 0.2) is 30.6 Å². The normalized spacial score (nSPS) is 10.4. The molecule has 102 valence electrons. The molecule has 0 amide bonds. The van der Waals surface area contributed by atoms with E-state index in [1.54, 1.807) is 12.4 Å². The predicted octanol–water partition coefficient (Wildman–Crippen LogP) is 3.65. The molecule has 0 aliphatic carbocycles. The highest BCUT2D eigenvalue weighted by atomic mass is 16.5. The topological polar surface area (TPSA) is 47.1 Å². The molecule has 19 heavy (non-hydrogen) atoms. The summed E-state index contributed by atoms with van der Waals surface area (Å²) in [5.74, 6) is 2.40. The Morgan fingerprint density at radius 3 is 2.74 bits per heavy atom. The van der Waals surface area contributed by atoms with Crippen LogP contribution in [0.2, 0.25) is 0 Å². The fourth-order valence-corrected chi connectivity index (χ4v) is 1.79. The van der Waals surface area contributed by atoms with Crippen LogP contribution in [0.1, 0.15) is 26.7 Å². The van der Waals surface area contributed by atoms with Gasteiger partial charge in [-0.1, -0.05) is 13.3 Å². The van der Waals surface area contributed by atoms with E-state index in [2.05, 4.69) is 16.9 Å². The van der Waals surface area contributed by atoms with E-state index in [0.29, 0.717) is 6.61 Å². The highest BCUT2D eigenvalue weighted by Crippen LogP contribution is 2.31. The molecule has 1 aromatic carbocycles. The lowest BCUT2D eigenvalue weighted by Crippen LogP contribution is -2.01. The number of nitrogens with one attached hydrogen (secondary N) is 1. The Bertz CT molecular complexity index is 495. The molecule has 0 atom stereocenters. The van der Waals surface area contributed by atoms with E-state index in [4.69, 9.17) is 9.47 Å². The van der Waals surface area contributed by atoms with Crippen LogP contribution in [0.5, 0.6) is 11.5 Å². The molecule has 1 heterocycles. The van der Waals surface area contributed by atoms with Gasteiger partial charge >= 0.3 is 0 Å². The van der Waals surface area contributed by atoms with Gasteiger partial charge in [0, 0.05) is 18.0 Å². The maximum atomic E-state index is 5.75. The summed E-state index contributed by atoms with van der Waals surface area (Å²) in [5, 5.41) is 0. The van der Waals surface area contributed by atoms with Gasteiger partial charge in [-0.25, -0.2) is 4.98 Å². The molecule has 1 aromatic heterocycles. The zero-order chi connectivity index (χ0) is 13.5. The lowest BCUT2D eigenvalue weighted by Gasteiger charge is -2.12. The molecule has 0 bridgehead atoms. The second kappa shape index (κ2) is 6.83. The second-order valence-corrected chi connectivity index (χ2v) is 4.23. The predicted molar refractivity (Wildman–Crippen MR) is 75.6 cm³/mol. The van der Waals surface area contributed by atoms with Gasteiger partial charge in [0.1, 0.15) is 5.82 Å². The molecule has 0 spiro atoms. The van der Waals surface area contributed by atoms with Gasteiger partial charge in [-0.2, -0.15) is 0 Å². The van der Waals surface area contributed by atoms with Gasteiger partial charge in [0.25, 0.3) is 0 Å². The third kappa shape index (κ3) is 3.50. The van der Waals surface area contributed by atoms with Crippen molar-refractivity contribution >= 4 is 0 Å². The van der Waals surface area contributed by atoms with E-state index in [1.807, 2.05) is 25.1 Å². The number of aromatic nitrogens is 2. The summed E-state index contributed by atoms with van der Waals surface area (Å²) in [6, 6.07) is 5.89. The molecule has 0 radical (unpaired) electrons. The maximum Gasteiger partial charge on any atom is 0.161 e. The van der Waals surface area contributed by atoms with Crippen LogP contribution >= 0.6 is 0 Å². The van der Waals surface area contributed by atoms with Crippen LogP contribution in [0.3, 0.4) is 0 Å². The van der Waals surface area contributed by atoms with Gasteiger partial charge in [0.15, 0.2) is 11.5 Å². The van der Waals surface area contributed by atoms with Crippen molar-refractivity contribution in [3.8, 4) is 22.9 Å². The lowest BCUT2D eigenvalue weighted by atomic mass is 10.2. The summed E-state index contributed by atoms with van der Waals surface area (Å²) in [6.07, 6.45) is 5.71. The van der Waals surface area contributed by atoms with Crippen LogP contribution in [-0.4, -0.2) is 23.2 Å². The standard InChI is InChI=1S/C15H20N2O2/c1-3-5-10-19-13-7-6-12(11-14(13)18-4-2)15-16-8-9-17-15/h6-9,11H,3-5,10H2,1-2H3,(H,16,17). The Morgan fingerprint density at radius 2 is 2.05 bits per heavy atom. The van der Waals surface area contributed by atoms with Gasteiger partial charge in [-0.05, 0) is 31.5 Å². The Kier molecular flexibility index (Phi) is 4.84. The third-order valence-corrected chi connectivity index (χ3v) is 2.77. The monoisotopic (exact) mass is 260 g/mol. The first-order valence-corrected chi connectivity index (χ1v) is 6.74. The van der Waals surface area contributed by atoms with Crippen molar-refractivity contribution in [1.29, 1.82) is 0 Å². The van der Waals surface area contributed by atoms with Gasteiger partial charge in [-0.15, -0.1) is 0 Å². The average molecular weight is 260 g/mol. The maximum absolute atomic E-state index is 5.75. The van der Waals surface area contributed by atoms with Gasteiger partial charge < -0.3 is 14.5 Å². The molecule has 0 saturated carbocycles. The number of unbranched alkanes of at least 4 members (excludes halogenated alkanes) is 1. The van der Waals surface area contributed by atoms with Crippen molar-refractivity contribution < 1.29 is 9.47 Å². The van der Waals surface area contributed by atoms with Crippen molar-refractivity contribution in [3.05, 3.63) is 30.6 Å². The lowest BCUT2D eigenvalue weighted by molar-refractivity contribution is 0.273. The first kappa shape index (κ1) is 13.5. The largest absolute Gasteiger partial charge is 0.490 e. The number of hydrogen-bond donors (Lipinski definition) is 1. The Hall–Kier alpha value is -1.97. The quantitative estimate of drug-likeness (QED) is 0.773. The Balaban J connectivity index is 2.19. The smallest absolute Gasteiger partial charge is 0.161 e. The van der Waals surface area contributed by atoms with Crippen molar-refractivity contribution in [2.75, 3.05) is 13.2 Å². The van der Waals surface area contributed by atoms with Crippen LogP contribution in [0, 0.1) is 0 Å². The van der Waals surface area contributed by atoms with E-state index in [9.17, 15) is 0 Å². The molecule has 0 unspecified atom stereocenters. The third-order valence-electron chi connectivity index (χ3n) is 2.77. The van der Waals surface area contributed by atoms with Crippen LogP contribution in [0.25, 0.3) is 11.4 Å². The molecule has 4 heteroatoms. The number of nitrogens with zero attached hydrogens (tertiary/aromatic N) is 1. The minimum atomic E-state index is 0.617. The van der Waals surface area contributed by atoms with Crippen LogP contribution in [0.4, 0.5) is 0 Å². The first-order chi connectivity index (χ1) is 9.35. The minimum Gasteiger partial charge on any atom is -0.490 e. The first-order valence-electron chi connectivity index (χ1n) is 6.74. The molecule has 1 N–H and O–H groups in total. The highest BCUT2D eigenvalue weighted by molar-refractivity contribution is 5.61. The van der Waals surface area contributed by atoms with Crippen molar-refractivity contribution in [2.24, 2.45) is 0 Å². The van der Waals surface area contributed by atoms with Gasteiger partial charge in [-0.3, -0.25) is 0 Å². The average Bonchev–Trinajstić information content (AvgIpc) is 2.95. The summed E-state index contributed by atoms with van der Waals surface area (Å²) in [4.78, 5) is 7.33. The highest BCUT2D eigenvalue weighted by Gasteiger charge is 2.08. The minimum absolute atomic E-state index is 0.617. The molecule has 0 saturated heterocycles. The molecular weight excluding hydrogens is 240 g/mol. The Labute approximate surface area is 113 Å². The molecular formula is C15H20N2O2. The molecule has 0 aliphatic rings. The Morgan fingerprint density at radius 1 is 1.16 bits per heavy atom. The molecule has 0 fully saturated rings. The number of ether oxygens (including phenoxy) is 2. The van der Waals surface area contributed by atoms with Crippen LogP contribution < -0.4 is 9.47 Å². The number of rotatable bonds is 7. The van der Waals surface area contributed by atoms with E-state index in [0.717, 1.165) is 42.3 Å². The zero-order valence-electron chi connectivity index (χ0n) is 11.5. The number of aromatic amines is 1.